The molecule has 1 heterocycles. The topological polar surface area (TPSA) is 44.7 Å². The van der Waals surface area contributed by atoms with Crippen molar-refractivity contribution >= 4 is 48.0 Å². The highest BCUT2D eigenvalue weighted by atomic mass is 35.5. The van der Waals surface area contributed by atoms with Crippen molar-refractivity contribution < 1.29 is 23.0 Å². The predicted molar refractivity (Wildman–Crippen MR) is 112 cm³/mol. The molecule has 2 aromatic rings. The highest BCUT2D eigenvalue weighted by Crippen LogP contribution is 2.40. The van der Waals surface area contributed by atoms with Crippen LogP contribution < -0.4 is 10.1 Å². The lowest BCUT2D eigenvalue weighted by molar-refractivity contribution is -0.274. The molecule has 2 aromatic carbocycles. The molecule has 1 saturated heterocycles. The summed E-state index contributed by atoms with van der Waals surface area (Å²) in [7, 11) is 0. The molecule has 4 nitrogen and oxygen atoms in total. The maximum absolute atomic E-state index is 12.4. The molecule has 0 aromatic heterocycles. The summed E-state index contributed by atoms with van der Waals surface area (Å²) in [6.07, 6.45) is -4.75. The van der Waals surface area contributed by atoms with Crippen LogP contribution in [0.1, 0.15) is 17.2 Å². The van der Waals surface area contributed by atoms with Gasteiger partial charge >= 0.3 is 6.36 Å². The third kappa shape index (κ3) is 6.70. The minimum absolute atomic E-state index is 0. The lowest BCUT2D eigenvalue weighted by Crippen LogP contribution is -2.45. The second-order valence-electron chi connectivity index (χ2n) is 6.13. The number of nitrogens with one attached hydrogen (secondary N) is 1. The van der Waals surface area contributed by atoms with E-state index in [-0.39, 0.29) is 41.3 Å². The first-order valence-corrected chi connectivity index (χ1v) is 8.98. The van der Waals surface area contributed by atoms with Crippen LogP contribution in [-0.2, 0) is 0 Å². The Bertz CT molecular complexity index is 801. The van der Waals surface area contributed by atoms with Crippen molar-refractivity contribution in [1.82, 2.24) is 10.2 Å². The van der Waals surface area contributed by atoms with E-state index in [1.54, 1.807) is 18.2 Å². The van der Waals surface area contributed by atoms with Gasteiger partial charge in [0.05, 0.1) is 11.1 Å². The summed E-state index contributed by atoms with van der Waals surface area (Å²) in [6.45, 7) is 2.88. The molecule has 1 atom stereocenters. The molecule has 162 valence electrons. The van der Waals surface area contributed by atoms with Crippen LogP contribution in [0.2, 0.25) is 10.0 Å². The molecule has 0 saturated carbocycles. The Morgan fingerprint density at radius 3 is 2.17 bits per heavy atom. The summed E-state index contributed by atoms with van der Waals surface area (Å²) in [5.74, 6) is -0.404. The lowest BCUT2D eigenvalue weighted by atomic mass is 9.95. The van der Waals surface area contributed by atoms with Gasteiger partial charge in [-0.25, -0.2) is 0 Å². The Kier molecular flexibility index (Phi) is 9.66. The summed E-state index contributed by atoms with van der Waals surface area (Å²) >= 11 is 12.2. The molecule has 0 spiro atoms. The number of phenolic OH excluding ortho intramolecular Hbond substituents is 1. The number of hydrogen-bond acceptors (Lipinski definition) is 4. The summed E-state index contributed by atoms with van der Waals surface area (Å²) in [6, 6.07) is 8.24. The standard InChI is InChI=1S/C18H17Cl2F3N2O2.2ClH/c19-12-9-14(17(26)15(20)10-12)16(25-7-5-24-6-8-25)11-1-3-13(4-2-11)27-18(21,22)23;;/h1-4,9-10,16,24,26H,5-8H2;2*1H/t16-;;/m1../s1. The van der Waals surface area contributed by atoms with Crippen LogP contribution in [0.15, 0.2) is 36.4 Å². The van der Waals surface area contributed by atoms with E-state index in [2.05, 4.69) is 15.0 Å². The molecule has 1 fully saturated rings. The normalized spacial score (nSPS) is 15.8. The first-order valence-electron chi connectivity index (χ1n) is 8.23. The minimum Gasteiger partial charge on any atom is -0.506 e. The number of halogens is 7. The monoisotopic (exact) mass is 492 g/mol. The van der Waals surface area contributed by atoms with Crippen LogP contribution in [0.3, 0.4) is 0 Å². The number of phenols is 1. The fourth-order valence-electron chi connectivity index (χ4n) is 3.17. The number of alkyl halides is 3. The zero-order chi connectivity index (χ0) is 19.6. The minimum atomic E-state index is -4.75. The summed E-state index contributed by atoms with van der Waals surface area (Å²) in [5.41, 5.74) is 1.19. The zero-order valence-electron chi connectivity index (χ0n) is 14.9. The second kappa shape index (κ2) is 10.8. The van der Waals surface area contributed by atoms with Gasteiger partial charge in [-0.15, -0.1) is 38.0 Å². The second-order valence-corrected chi connectivity index (χ2v) is 6.97. The quantitative estimate of drug-likeness (QED) is 0.595. The van der Waals surface area contributed by atoms with Crippen molar-refractivity contribution in [3.63, 3.8) is 0 Å². The van der Waals surface area contributed by atoms with E-state index in [4.69, 9.17) is 23.2 Å². The number of piperazine rings is 1. The number of rotatable bonds is 4. The van der Waals surface area contributed by atoms with Gasteiger partial charge in [-0.2, -0.15) is 0 Å². The van der Waals surface area contributed by atoms with Crippen LogP contribution in [0.5, 0.6) is 11.5 Å². The van der Waals surface area contributed by atoms with Gasteiger partial charge in [0.25, 0.3) is 0 Å². The van der Waals surface area contributed by atoms with Crippen molar-refractivity contribution in [1.29, 1.82) is 0 Å². The largest absolute Gasteiger partial charge is 0.573 e. The van der Waals surface area contributed by atoms with E-state index in [1.165, 1.54) is 18.2 Å². The lowest BCUT2D eigenvalue weighted by Gasteiger charge is -2.36. The van der Waals surface area contributed by atoms with Gasteiger partial charge < -0.3 is 15.2 Å². The Hall–Kier alpha value is -1.09. The van der Waals surface area contributed by atoms with Gasteiger partial charge in [0.15, 0.2) is 0 Å². The fraction of sp³-hybridized carbons (Fsp3) is 0.333. The van der Waals surface area contributed by atoms with E-state index in [1.807, 2.05) is 0 Å². The molecule has 0 unspecified atom stereocenters. The highest BCUT2D eigenvalue weighted by Gasteiger charge is 2.32. The third-order valence-corrected chi connectivity index (χ3v) is 4.80. The number of nitrogens with zero attached hydrogens (tertiary/aromatic N) is 1. The maximum Gasteiger partial charge on any atom is 0.573 e. The molecule has 0 bridgehead atoms. The van der Waals surface area contributed by atoms with Gasteiger partial charge in [-0.3, -0.25) is 4.90 Å². The molecule has 0 radical (unpaired) electrons. The van der Waals surface area contributed by atoms with Crippen molar-refractivity contribution in [2.24, 2.45) is 0 Å². The van der Waals surface area contributed by atoms with Crippen LogP contribution in [0, 0.1) is 0 Å². The molecule has 1 aliphatic heterocycles. The van der Waals surface area contributed by atoms with Crippen molar-refractivity contribution in [2.45, 2.75) is 12.4 Å². The van der Waals surface area contributed by atoms with Crippen LogP contribution in [0.25, 0.3) is 0 Å². The van der Waals surface area contributed by atoms with Crippen LogP contribution >= 0.6 is 48.0 Å². The van der Waals surface area contributed by atoms with Gasteiger partial charge in [0.1, 0.15) is 11.5 Å². The molecule has 0 aliphatic carbocycles. The van der Waals surface area contributed by atoms with Gasteiger partial charge in [0, 0.05) is 36.8 Å². The van der Waals surface area contributed by atoms with E-state index in [0.717, 1.165) is 13.1 Å². The molecule has 0 amide bonds. The number of aromatic hydroxyl groups is 1. The molecular formula is C18H19Cl4F3N2O2. The first kappa shape index (κ1) is 25.9. The summed E-state index contributed by atoms with van der Waals surface area (Å²) < 4.78 is 41.1. The first-order chi connectivity index (χ1) is 12.7. The number of hydrogen-bond donors (Lipinski definition) is 2. The average Bonchev–Trinajstić information content (AvgIpc) is 2.60. The fourth-order valence-corrected chi connectivity index (χ4v) is 3.68. The molecule has 1 aliphatic rings. The molecular weight excluding hydrogens is 475 g/mol. The van der Waals surface area contributed by atoms with E-state index < -0.39 is 12.4 Å². The summed E-state index contributed by atoms with van der Waals surface area (Å²) in [5, 5.41) is 14.2. The van der Waals surface area contributed by atoms with E-state index >= 15 is 0 Å². The van der Waals surface area contributed by atoms with E-state index in [0.29, 0.717) is 29.2 Å². The maximum atomic E-state index is 12.4. The van der Waals surface area contributed by atoms with Crippen LogP contribution in [-0.4, -0.2) is 42.5 Å². The summed E-state index contributed by atoms with van der Waals surface area (Å²) in [4.78, 5) is 2.11. The smallest absolute Gasteiger partial charge is 0.506 e. The molecule has 3 rings (SSSR count). The van der Waals surface area contributed by atoms with Crippen molar-refractivity contribution in [3.05, 3.63) is 57.6 Å². The zero-order valence-corrected chi connectivity index (χ0v) is 18.0. The number of benzene rings is 2. The van der Waals surface area contributed by atoms with Crippen LogP contribution in [0.4, 0.5) is 13.2 Å². The molecule has 2 N–H and O–H groups in total. The highest BCUT2D eigenvalue weighted by molar-refractivity contribution is 6.35. The van der Waals surface area contributed by atoms with Gasteiger partial charge in [-0.05, 0) is 29.8 Å². The molecule has 11 heteroatoms. The Morgan fingerprint density at radius 2 is 1.62 bits per heavy atom. The Balaban J connectivity index is 0.00000210. The van der Waals surface area contributed by atoms with Gasteiger partial charge in [-0.1, -0.05) is 35.3 Å². The van der Waals surface area contributed by atoms with Crippen molar-refractivity contribution in [3.8, 4) is 11.5 Å². The number of ether oxygens (including phenoxy) is 1. The Labute approximate surface area is 188 Å². The Morgan fingerprint density at radius 1 is 1.03 bits per heavy atom. The molecule has 29 heavy (non-hydrogen) atoms. The van der Waals surface area contributed by atoms with E-state index in [9.17, 15) is 18.3 Å². The average molecular weight is 494 g/mol. The van der Waals surface area contributed by atoms with Crippen molar-refractivity contribution in [2.75, 3.05) is 26.2 Å². The SMILES string of the molecule is Cl.Cl.Oc1c(Cl)cc(Cl)cc1[C@@H](c1ccc(OC(F)(F)F)cc1)N1CCNCC1. The third-order valence-electron chi connectivity index (χ3n) is 4.30. The van der Waals surface area contributed by atoms with Gasteiger partial charge in [0.2, 0.25) is 0 Å². The predicted octanol–water partition coefficient (Wildman–Crippen LogP) is 5.44.